The Morgan fingerprint density at radius 2 is 2.21 bits per heavy atom. The Kier molecular flexibility index (Phi) is 4.81. The predicted molar refractivity (Wildman–Crippen MR) is 79.0 cm³/mol. The molecule has 1 aromatic rings. The van der Waals surface area contributed by atoms with Gasteiger partial charge in [0.05, 0.1) is 0 Å². The maximum absolute atomic E-state index is 13.5. The van der Waals surface area contributed by atoms with Crippen LogP contribution in [-0.4, -0.2) is 19.1 Å². The van der Waals surface area contributed by atoms with E-state index in [-0.39, 0.29) is 5.82 Å². The van der Waals surface area contributed by atoms with Crippen LogP contribution in [0.4, 0.5) is 10.1 Å². The molecule has 1 aliphatic heterocycles. The standard InChI is InChI=1S/C16H25FN2/c1-12(2)10-18-11-14-9-15(17)6-7-16(14)19-8-4-5-13(19)3/h6-7,9,12-13,18H,4-5,8,10-11H2,1-3H3. The molecule has 1 unspecified atom stereocenters. The first-order valence-corrected chi connectivity index (χ1v) is 7.33. The van der Waals surface area contributed by atoms with E-state index in [4.69, 9.17) is 0 Å². The van der Waals surface area contributed by atoms with Gasteiger partial charge in [0, 0.05) is 24.8 Å². The molecular formula is C16H25FN2. The molecule has 0 spiro atoms. The molecule has 1 aliphatic rings. The van der Waals surface area contributed by atoms with Crippen LogP contribution in [0.25, 0.3) is 0 Å². The van der Waals surface area contributed by atoms with E-state index in [0.29, 0.717) is 12.0 Å². The Morgan fingerprint density at radius 1 is 1.42 bits per heavy atom. The number of nitrogens with zero attached hydrogens (tertiary/aromatic N) is 1. The lowest BCUT2D eigenvalue weighted by atomic mass is 10.1. The van der Waals surface area contributed by atoms with Gasteiger partial charge in [-0.25, -0.2) is 4.39 Å². The van der Waals surface area contributed by atoms with E-state index < -0.39 is 0 Å². The van der Waals surface area contributed by atoms with Gasteiger partial charge in [-0.05, 0) is 56.0 Å². The van der Waals surface area contributed by atoms with Gasteiger partial charge in [-0.2, -0.15) is 0 Å². The fraction of sp³-hybridized carbons (Fsp3) is 0.625. The molecule has 2 nitrogen and oxygen atoms in total. The van der Waals surface area contributed by atoms with Crippen molar-refractivity contribution in [1.82, 2.24) is 5.32 Å². The van der Waals surface area contributed by atoms with Gasteiger partial charge in [-0.3, -0.25) is 0 Å². The van der Waals surface area contributed by atoms with Crippen molar-refractivity contribution in [3.8, 4) is 0 Å². The highest BCUT2D eigenvalue weighted by Crippen LogP contribution is 2.29. The highest BCUT2D eigenvalue weighted by molar-refractivity contribution is 5.55. The van der Waals surface area contributed by atoms with E-state index in [0.717, 1.165) is 25.2 Å². The molecule has 1 atom stereocenters. The van der Waals surface area contributed by atoms with Crippen molar-refractivity contribution in [3.63, 3.8) is 0 Å². The molecule has 0 aliphatic carbocycles. The number of hydrogen-bond donors (Lipinski definition) is 1. The molecule has 3 heteroatoms. The van der Waals surface area contributed by atoms with Crippen molar-refractivity contribution in [2.75, 3.05) is 18.0 Å². The molecule has 0 bridgehead atoms. The van der Waals surface area contributed by atoms with E-state index >= 15 is 0 Å². The summed E-state index contributed by atoms with van der Waals surface area (Å²) in [7, 11) is 0. The lowest BCUT2D eigenvalue weighted by molar-refractivity contribution is 0.549. The summed E-state index contributed by atoms with van der Waals surface area (Å²) in [6, 6.07) is 5.75. The molecule has 1 saturated heterocycles. The monoisotopic (exact) mass is 264 g/mol. The van der Waals surface area contributed by atoms with E-state index in [2.05, 4.69) is 31.0 Å². The Morgan fingerprint density at radius 3 is 2.84 bits per heavy atom. The maximum Gasteiger partial charge on any atom is 0.123 e. The largest absolute Gasteiger partial charge is 0.369 e. The molecule has 0 radical (unpaired) electrons. The zero-order valence-corrected chi connectivity index (χ0v) is 12.2. The number of anilines is 1. The van der Waals surface area contributed by atoms with Crippen molar-refractivity contribution in [2.45, 2.75) is 46.2 Å². The number of nitrogens with one attached hydrogen (secondary N) is 1. The fourth-order valence-corrected chi connectivity index (χ4v) is 2.76. The Labute approximate surface area is 116 Å². The number of hydrogen-bond acceptors (Lipinski definition) is 2. The summed E-state index contributed by atoms with van der Waals surface area (Å²) in [6.45, 7) is 9.41. The maximum atomic E-state index is 13.5. The van der Waals surface area contributed by atoms with E-state index in [9.17, 15) is 4.39 Å². The third kappa shape index (κ3) is 3.69. The molecule has 1 aromatic carbocycles. The SMILES string of the molecule is CC(C)CNCc1cc(F)ccc1N1CCCC1C. The summed E-state index contributed by atoms with van der Waals surface area (Å²) >= 11 is 0. The molecule has 106 valence electrons. The lowest BCUT2D eigenvalue weighted by Gasteiger charge is -2.26. The second-order valence-electron chi connectivity index (χ2n) is 5.98. The Bertz CT molecular complexity index is 417. The second-order valence-corrected chi connectivity index (χ2v) is 5.98. The first-order chi connectivity index (χ1) is 9.08. The van der Waals surface area contributed by atoms with Gasteiger partial charge >= 0.3 is 0 Å². The van der Waals surface area contributed by atoms with Gasteiger partial charge in [0.25, 0.3) is 0 Å². The van der Waals surface area contributed by atoms with Gasteiger partial charge in [0.2, 0.25) is 0 Å². The first kappa shape index (κ1) is 14.3. The first-order valence-electron chi connectivity index (χ1n) is 7.33. The van der Waals surface area contributed by atoms with Crippen LogP contribution in [0.5, 0.6) is 0 Å². The van der Waals surface area contributed by atoms with Crippen molar-refractivity contribution in [3.05, 3.63) is 29.6 Å². The quantitative estimate of drug-likeness (QED) is 0.874. The van der Waals surface area contributed by atoms with Crippen molar-refractivity contribution in [2.24, 2.45) is 5.92 Å². The normalized spacial score (nSPS) is 19.4. The van der Waals surface area contributed by atoms with Gasteiger partial charge in [0.1, 0.15) is 5.82 Å². The summed E-state index contributed by atoms with van der Waals surface area (Å²) in [5, 5.41) is 3.41. The van der Waals surface area contributed by atoms with Crippen LogP contribution in [0.3, 0.4) is 0 Å². The Balaban J connectivity index is 2.13. The lowest BCUT2D eigenvalue weighted by Crippen LogP contribution is -2.28. The van der Waals surface area contributed by atoms with Gasteiger partial charge in [0.15, 0.2) is 0 Å². The third-order valence-electron chi connectivity index (χ3n) is 3.77. The minimum atomic E-state index is -0.142. The highest BCUT2D eigenvalue weighted by atomic mass is 19.1. The number of halogens is 1. The van der Waals surface area contributed by atoms with Crippen LogP contribution in [0, 0.1) is 11.7 Å². The molecule has 0 aromatic heterocycles. The predicted octanol–water partition coefficient (Wildman–Crippen LogP) is 3.56. The summed E-state index contributed by atoms with van der Waals surface area (Å²) in [6.07, 6.45) is 2.47. The van der Waals surface area contributed by atoms with E-state index in [1.165, 1.54) is 18.5 Å². The summed E-state index contributed by atoms with van der Waals surface area (Å²) in [4.78, 5) is 2.41. The molecule has 0 amide bonds. The van der Waals surface area contributed by atoms with Crippen LogP contribution >= 0.6 is 0 Å². The average Bonchev–Trinajstić information content (AvgIpc) is 2.75. The molecule has 2 rings (SSSR count). The van der Waals surface area contributed by atoms with Crippen molar-refractivity contribution in [1.29, 1.82) is 0 Å². The van der Waals surface area contributed by atoms with E-state index in [1.54, 1.807) is 12.1 Å². The second kappa shape index (κ2) is 6.38. The average molecular weight is 264 g/mol. The number of benzene rings is 1. The molecule has 1 heterocycles. The Hall–Kier alpha value is -1.09. The minimum absolute atomic E-state index is 0.142. The van der Waals surface area contributed by atoms with Crippen LogP contribution in [0.1, 0.15) is 39.2 Å². The van der Waals surface area contributed by atoms with Crippen molar-refractivity contribution >= 4 is 5.69 Å². The number of rotatable bonds is 5. The van der Waals surface area contributed by atoms with Crippen molar-refractivity contribution < 1.29 is 4.39 Å². The molecule has 0 saturated carbocycles. The van der Waals surface area contributed by atoms with Crippen LogP contribution in [-0.2, 0) is 6.54 Å². The summed E-state index contributed by atoms with van der Waals surface area (Å²) in [5.41, 5.74) is 2.28. The minimum Gasteiger partial charge on any atom is -0.369 e. The van der Waals surface area contributed by atoms with Gasteiger partial charge in [-0.1, -0.05) is 13.8 Å². The fourth-order valence-electron chi connectivity index (χ4n) is 2.76. The van der Waals surface area contributed by atoms with Crippen LogP contribution in [0.15, 0.2) is 18.2 Å². The molecule has 1 fully saturated rings. The highest BCUT2D eigenvalue weighted by Gasteiger charge is 2.22. The van der Waals surface area contributed by atoms with Gasteiger partial charge in [-0.15, -0.1) is 0 Å². The zero-order chi connectivity index (χ0) is 13.8. The summed E-state index contributed by atoms with van der Waals surface area (Å²) in [5.74, 6) is 0.472. The zero-order valence-electron chi connectivity index (χ0n) is 12.2. The van der Waals surface area contributed by atoms with E-state index in [1.807, 2.05) is 6.07 Å². The molecular weight excluding hydrogens is 239 g/mol. The third-order valence-corrected chi connectivity index (χ3v) is 3.77. The molecule has 19 heavy (non-hydrogen) atoms. The molecule has 1 N–H and O–H groups in total. The summed E-state index contributed by atoms with van der Waals surface area (Å²) < 4.78 is 13.5. The smallest absolute Gasteiger partial charge is 0.123 e. The van der Waals surface area contributed by atoms with Crippen LogP contribution in [0.2, 0.25) is 0 Å². The van der Waals surface area contributed by atoms with Gasteiger partial charge < -0.3 is 10.2 Å². The van der Waals surface area contributed by atoms with Crippen LogP contribution < -0.4 is 10.2 Å². The topological polar surface area (TPSA) is 15.3 Å².